The molecule has 1 aromatic carbocycles. The van der Waals surface area contributed by atoms with Gasteiger partial charge in [-0.2, -0.15) is 0 Å². The largest absolute Gasteiger partial charge is 0.480 e. The van der Waals surface area contributed by atoms with E-state index in [4.69, 9.17) is 33.4 Å². The molecule has 0 aliphatic carbocycles. The van der Waals surface area contributed by atoms with Crippen LogP contribution in [0.3, 0.4) is 0 Å². The third kappa shape index (κ3) is 3.87. The lowest BCUT2D eigenvalue weighted by molar-refractivity contribution is -0.139. The summed E-state index contributed by atoms with van der Waals surface area (Å²) < 4.78 is 0. The van der Waals surface area contributed by atoms with Crippen LogP contribution in [0.1, 0.15) is 16.8 Å². The van der Waals surface area contributed by atoms with Crippen molar-refractivity contribution < 1.29 is 19.8 Å². The number of carbonyl (C=O) groups is 2. The lowest BCUT2D eigenvalue weighted by atomic mass is 10.1. The van der Waals surface area contributed by atoms with Gasteiger partial charge < -0.3 is 15.5 Å². The van der Waals surface area contributed by atoms with Gasteiger partial charge >= 0.3 is 5.97 Å². The summed E-state index contributed by atoms with van der Waals surface area (Å²) in [7, 11) is 0. The first-order chi connectivity index (χ1) is 8.45. The number of amides is 1. The molecular formula is C11H11Cl2NO4. The van der Waals surface area contributed by atoms with Crippen molar-refractivity contribution in [2.45, 2.75) is 12.5 Å². The van der Waals surface area contributed by atoms with Gasteiger partial charge in [0.1, 0.15) is 6.04 Å². The second-order valence-electron chi connectivity index (χ2n) is 3.51. The molecule has 0 aliphatic heterocycles. The monoisotopic (exact) mass is 291 g/mol. The van der Waals surface area contributed by atoms with Crippen molar-refractivity contribution in [2.75, 3.05) is 6.61 Å². The molecule has 0 aromatic heterocycles. The average Bonchev–Trinajstić information content (AvgIpc) is 2.31. The van der Waals surface area contributed by atoms with Gasteiger partial charge in [-0.25, -0.2) is 4.79 Å². The Hall–Kier alpha value is -1.30. The molecule has 0 heterocycles. The van der Waals surface area contributed by atoms with E-state index in [9.17, 15) is 9.59 Å². The van der Waals surface area contributed by atoms with Crippen molar-refractivity contribution in [1.29, 1.82) is 0 Å². The van der Waals surface area contributed by atoms with Crippen molar-refractivity contribution >= 4 is 35.1 Å². The summed E-state index contributed by atoms with van der Waals surface area (Å²) in [5, 5.41) is 20.3. The first kappa shape index (κ1) is 14.8. The quantitative estimate of drug-likeness (QED) is 0.768. The minimum atomic E-state index is -1.21. The first-order valence-electron chi connectivity index (χ1n) is 5.05. The minimum Gasteiger partial charge on any atom is -0.480 e. The summed E-state index contributed by atoms with van der Waals surface area (Å²) in [6.45, 7) is -0.335. The average molecular weight is 292 g/mol. The third-order valence-corrected chi connectivity index (χ3v) is 2.94. The molecule has 0 saturated heterocycles. The number of carboxylic acid groups (broad SMARTS) is 1. The van der Waals surface area contributed by atoms with E-state index in [1.54, 1.807) is 0 Å². The summed E-state index contributed by atoms with van der Waals surface area (Å²) >= 11 is 11.5. The van der Waals surface area contributed by atoms with Gasteiger partial charge in [0.2, 0.25) is 0 Å². The summed E-state index contributed by atoms with van der Waals surface area (Å²) in [6, 6.07) is 3.08. The highest BCUT2D eigenvalue weighted by molar-refractivity contribution is 6.42. The number of aliphatic hydroxyl groups excluding tert-OH is 1. The van der Waals surface area contributed by atoms with Crippen molar-refractivity contribution in [1.82, 2.24) is 5.32 Å². The number of nitrogens with one attached hydrogen (secondary N) is 1. The fourth-order valence-corrected chi connectivity index (χ4v) is 1.56. The highest BCUT2D eigenvalue weighted by Crippen LogP contribution is 2.22. The first-order valence-corrected chi connectivity index (χ1v) is 5.81. The Kier molecular flexibility index (Phi) is 5.40. The summed E-state index contributed by atoms with van der Waals surface area (Å²) in [5.41, 5.74) is 0.202. The second-order valence-corrected chi connectivity index (χ2v) is 4.32. The van der Waals surface area contributed by atoms with E-state index in [1.165, 1.54) is 18.2 Å². The van der Waals surface area contributed by atoms with Crippen molar-refractivity contribution in [3.63, 3.8) is 0 Å². The van der Waals surface area contributed by atoms with Gasteiger partial charge in [-0.3, -0.25) is 4.79 Å². The number of hydrogen-bond acceptors (Lipinski definition) is 3. The van der Waals surface area contributed by atoms with Crippen LogP contribution in [0.5, 0.6) is 0 Å². The Bertz CT molecular complexity index is 464. The molecule has 0 bridgehead atoms. The van der Waals surface area contributed by atoms with Crippen LogP contribution in [0.4, 0.5) is 0 Å². The van der Waals surface area contributed by atoms with E-state index < -0.39 is 17.9 Å². The molecule has 1 amide bonds. The summed E-state index contributed by atoms with van der Waals surface area (Å²) in [6.07, 6.45) is -0.0671. The number of aliphatic carboxylic acids is 1. The molecule has 0 radical (unpaired) electrons. The van der Waals surface area contributed by atoms with Crippen LogP contribution in [0, 0.1) is 0 Å². The maximum absolute atomic E-state index is 11.7. The van der Waals surface area contributed by atoms with Crippen molar-refractivity contribution in [2.24, 2.45) is 0 Å². The van der Waals surface area contributed by atoms with Gasteiger partial charge in [0.15, 0.2) is 0 Å². The van der Waals surface area contributed by atoms with Crippen molar-refractivity contribution in [3.05, 3.63) is 33.8 Å². The fourth-order valence-electron chi connectivity index (χ4n) is 1.27. The molecule has 18 heavy (non-hydrogen) atoms. The van der Waals surface area contributed by atoms with Crippen LogP contribution < -0.4 is 5.32 Å². The van der Waals surface area contributed by atoms with Crippen molar-refractivity contribution in [3.8, 4) is 0 Å². The number of benzene rings is 1. The summed E-state index contributed by atoms with van der Waals surface area (Å²) in [4.78, 5) is 22.5. The maximum Gasteiger partial charge on any atom is 0.326 e. The van der Waals surface area contributed by atoms with Gasteiger partial charge in [0, 0.05) is 18.6 Å². The number of rotatable bonds is 5. The molecule has 0 saturated carbocycles. The molecule has 0 fully saturated rings. The molecule has 5 nitrogen and oxygen atoms in total. The highest BCUT2D eigenvalue weighted by atomic mass is 35.5. The number of carbonyl (C=O) groups excluding carboxylic acids is 1. The zero-order valence-corrected chi connectivity index (χ0v) is 10.7. The van der Waals surface area contributed by atoms with E-state index in [0.29, 0.717) is 5.02 Å². The van der Waals surface area contributed by atoms with Crippen LogP contribution in [-0.2, 0) is 4.79 Å². The number of aliphatic hydroxyl groups is 1. The normalized spacial score (nSPS) is 11.9. The van der Waals surface area contributed by atoms with E-state index in [0.717, 1.165) is 0 Å². The van der Waals surface area contributed by atoms with E-state index >= 15 is 0 Å². The fraction of sp³-hybridized carbons (Fsp3) is 0.273. The predicted molar refractivity (Wildman–Crippen MR) is 67.1 cm³/mol. The molecule has 98 valence electrons. The lowest BCUT2D eigenvalue weighted by Gasteiger charge is -2.13. The second kappa shape index (κ2) is 6.58. The van der Waals surface area contributed by atoms with Crippen LogP contribution in [0.2, 0.25) is 10.0 Å². The zero-order valence-electron chi connectivity index (χ0n) is 9.19. The molecule has 0 aliphatic rings. The van der Waals surface area contributed by atoms with Crippen LogP contribution >= 0.6 is 23.2 Å². The maximum atomic E-state index is 11.7. The number of halogens is 2. The van der Waals surface area contributed by atoms with Crippen LogP contribution in [0.15, 0.2) is 18.2 Å². The van der Waals surface area contributed by atoms with Gasteiger partial charge in [-0.1, -0.05) is 23.2 Å². The van der Waals surface area contributed by atoms with Gasteiger partial charge in [-0.05, 0) is 18.2 Å². The van der Waals surface area contributed by atoms with E-state index in [-0.39, 0.29) is 23.6 Å². The Morgan fingerprint density at radius 3 is 2.44 bits per heavy atom. The SMILES string of the molecule is O=C(N[C@H](CCO)C(=O)O)c1ccc(Cl)c(Cl)c1. The zero-order chi connectivity index (χ0) is 13.7. The number of hydrogen-bond donors (Lipinski definition) is 3. The Morgan fingerprint density at radius 2 is 1.94 bits per heavy atom. The molecule has 0 unspecified atom stereocenters. The van der Waals surface area contributed by atoms with Crippen LogP contribution in [0.25, 0.3) is 0 Å². The molecule has 1 rings (SSSR count). The molecule has 0 spiro atoms. The molecule has 1 atom stereocenters. The summed E-state index contributed by atoms with van der Waals surface area (Å²) in [5.74, 6) is -1.80. The molecule has 1 aromatic rings. The molecular weight excluding hydrogens is 281 g/mol. The lowest BCUT2D eigenvalue weighted by Crippen LogP contribution is -2.41. The third-order valence-electron chi connectivity index (χ3n) is 2.20. The standard InChI is InChI=1S/C11H11Cl2NO4/c12-7-2-1-6(5-8(7)13)10(16)14-9(3-4-15)11(17)18/h1-2,5,9,15H,3-4H2,(H,14,16)(H,17,18)/t9-/m1/s1. The Morgan fingerprint density at radius 1 is 1.28 bits per heavy atom. The smallest absolute Gasteiger partial charge is 0.326 e. The van der Waals surface area contributed by atoms with Gasteiger partial charge in [0.25, 0.3) is 5.91 Å². The number of carboxylic acids is 1. The van der Waals surface area contributed by atoms with E-state index in [2.05, 4.69) is 5.32 Å². The van der Waals surface area contributed by atoms with Gasteiger partial charge in [0.05, 0.1) is 10.0 Å². The molecule has 7 heteroatoms. The predicted octanol–water partition coefficient (Wildman–Crippen LogP) is 1.56. The van der Waals surface area contributed by atoms with Crippen LogP contribution in [-0.4, -0.2) is 34.7 Å². The van der Waals surface area contributed by atoms with Gasteiger partial charge in [-0.15, -0.1) is 0 Å². The topological polar surface area (TPSA) is 86.6 Å². The Balaban J connectivity index is 2.80. The Labute approximate surface area is 113 Å². The molecule has 3 N–H and O–H groups in total. The highest BCUT2D eigenvalue weighted by Gasteiger charge is 2.20. The van der Waals surface area contributed by atoms with E-state index in [1.807, 2.05) is 0 Å². The minimum absolute atomic E-state index is 0.0671.